The average molecular weight is 183 g/mol. The molecule has 2 aliphatic heterocycles. The molecule has 0 aromatic carbocycles. The summed E-state index contributed by atoms with van der Waals surface area (Å²) in [5, 5.41) is 0. The SMILES string of the molecule is C(=C1/CCCCO1)/N1CCOCC1. The molecule has 0 aliphatic carbocycles. The quantitative estimate of drug-likeness (QED) is 0.612. The molecule has 0 aromatic heterocycles. The van der Waals surface area contributed by atoms with E-state index in [0.29, 0.717) is 0 Å². The van der Waals surface area contributed by atoms with E-state index in [2.05, 4.69) is 11.1 Å². The standard InChI is InChI=1S/C10H17NO2/c1-2-6-13-10(3-1)9-11-4-7-12-8-5-11/h9H,1-8H2/b10-9+. The van der Waals surface area contributed by atoms with Crippen molar-refractivity contribution >= 4 is 0 Å². The van der Waals surface area contributed by atoms with E-state index in [-0.39, 0.29) is 0 Å². The lowest BCUT2D eigenvalue weighted by molar-refractivity contribution is 0.0551. The molecule has 74 valence electrons. The first-order chi connectivity index (χ1) is 6.45. The maximum absolute atomic E-state index is 5.56. The molecule has 0 N–H and O–H groups in total. The third-order valence-electron chi connectivity index (χ3n) is 2.48. The number of hydrogen-bond donors (Lipinski definition) is 0. The zero-order chi connectivity index (χ0) is 8.93. The van der Waals surface area contributed by atoms with Gasteiger partial charge in [-0.25, -0.2) is 0 Å². The summed E-state index contributed by atoms with van der Waals surface area (Å²) in [6.07, 6.45) is 5.76. The number of morpholine rings is 1. The number of rotatable bonds is 1. The summed E-state index contributed by atoms with van der Waals surface area (Å²) >= 11 is 0. The van der Waals surface area contributed by atoms with E-state index in [1.54, 1.807) is 0 Å². The molecule has 2 fully saturated rings. The molecule has 0 aromatic rings. The van der Waals surface area contributed by atoms with Crippen LogP contribution in [0.1, 0.15) is 19.3 Å². The topological polar surface area (TPSA) is 21.7 Å². The van der Waals surface area contributed by atoms with Gasteiger partial charge in [-0.15, -0.1) is 0 Å². The van der Waals surface area contributed by atoms with Crippen LogP contribution in [0.2, 0.25) is 0 Å². The zero-order valence-corrected chi connectivity index (χ0v) is 8.00. The molecule has 13 heavy (non-hydrogen) atoms. The van der Waals surface area contributed by atoms with Crippen LogP contribution < -0.4 is 0 Å². The normalized spacial score (nSPS) is 27.4. The molecule has 2 saturated heterocycles. The Hall–Kier alpha value is -0.700. The van der Waals surface area contributed by atoms with Gasteiger partial charge in [-0.3, -0.25) is 0 Å². The van der Waals surface area contributed by atoms with Crippen LogP contribution >= 0.6 is 0 Å². The van der Waals surface area contributed by atoms with Crippen LogP contribution in [0.3, 0.4) is 0 Å². The molecule has 3 heteroatoms. The highest BCUT2D eigenvalue weighted by Gasteiger charge is 2.10. The van der Waals surface area contributed by atoms with Gasteiger partial charge in [0.15, 0.2) is 0 Å². The highest BCUT2D eigenvalue weighted by atomic mass is 16.5. The average Bonchev–Trinajstić information content (AvgIpc) is 2.21. The van der Waals surface area contributed by atoms with Crippen LogP contribution in [0, 0.1) is 0 Å². The van der Waals surface area contributed by atoms with Gasteiger partial charge in [0.25, 0.3) is 0 Å². The lowest BCUT2D eigenvalue weighted by Gasteiger charge is -2.27. The fraction of sp³-hybridized carbons (Fsp3) is 0.800. The minimum atomic E-state index is 0.851. The van der Waals surface area contributed by atoms with Gasteiger partial charge in [0.2, 0.25) is 0 Å². The molecule has 0 spiro atoms. The van der Waals surface area contributed by atoms with Crippen molar-refractivity contribution in [2.45, 2.75) is 19.3 Å². The van der Waals surface area contributed by atoms with Crippen molar-refractivity contribution in [1.29, 1.82) is 0 Å². The summed E-state index contributed by atoms with van der Waals surface area (Å²) in [7, 11) is 0. The Morgan fingerprint density at radius 1 is 1.08 bits per heavy atom. The third kappa shape index (κ3) is 2.62. The predicted octanol–water partition coefficient (Wildman–Crippen LogP) is 1.36. The van der Waals surface area contributed by atoms with E-state index in [1.165, 1.54) is 12.8 Å². The Morgan fingerprint density at radius 2 is 1.92 bits per heavy atom. The molecule has 0 bridgehead atoms. The van der Waals surface area contributed by atoms with E-state index in [1.807, 2.05) is 0 Å². The molecule has 0 atom stereocenters. The first-order valence-electron chi connectivity index (χ1n) is 5.10. The zero-order valence-electron chi connectivity index (χ0n) is 8.00. The van der Waals surface area contributed by atoms with Crippen molar-refractivity contribution < 1.29 is 9.47 Å². The van der Waals surface area contributed by atoms with Crippen molar-refractivity contribution in [1.82, 2.24) is 4.90 Å². The number of allylic oxidation sites excluding steroid dienone is 1. The Bertz CT molecular complexity index is 177. The maximum atomic E-state index is 5.56. The lowest BCUT2D eigenvalue weighted by Crippen LogP contribution is -2.32. The number of hydrogen-bond acceptors (Lipinski definition) is 3. The van der Waals surface area contributed by atoms with Gasteiger partial charge in [-0.1, -0.05) is 0 Å². The van der Waals surface area contributed by atoms with Gasteiger partial charge in [0, 0.05) is 25.7 Å². The van der Waals surface area contributed by atoms with E-state index in [0.717, 1.165) is 45.1 Å². The van der Waals surface area contributed by atoms with E-state index in [9.17, 15) is 0 Å². The highest BCUT2D eigenvalue weighted by molar-refractivity contribution is 4.95. The Kier molecular flexibility index (Phi) is 3.08. The van der Waals surface area contributed by atoms with Gasteiger partial charge >= 0.3 is 0 Å². The first kappa shape index (κ1) is 8.88. The van der Waals surface area contributed by atoms with Gasteiger partial charge in [-0.05, 0) is 12.8 Å². The van der Waals surface area contributed by atoms with Crippen molar-refractivity contribution in [3.8, 4) is 0 Å². The number of nitrogens with zero attached hydrogens (tertiary/aromatic N) is 1. The van der Waals surface area contributed by atoms with Gasteiger partial charge < -0.3 is 14.4 Å². The number of ether oxygens (including phenoxy) is 2. The summed E-state index contributed by atoms with van der Waals surface area (Å²) in [6, 6.07) is 0. The maximum Gasteiger partial charge on any atom is 0.112 e. The molecule has 2 aliphatic rings. The summed E-state index contributed by atoms with van der Waals surface area (Å²) in [6.45, 7) is 4.61. The van der Waals surface area contributed by atoms with Gasteiger partial charge in [-0.2, -0.15) is 0 Å². The second kappa shape index (κ2) is 4.51. The van der Waals surface area contributed by atoms with Crippen molar-refractivity contribution in [2.75, 3.05) is 32.9 Å². The van der Waals surface area contributed by atoms with Gasteiger partial charge in [0.05, 0.1) is 19.8 Å². The molecule has 3 nitrogen and oxygen atoms in total. The van der Waals surface area contributed by atoms with Crippen molar-refractivity contribution in [3.05, 3.63) is 12.0 Å². The summed E-state index contributed by atoms with van der Waals surface area (Å²) in [5.74, 6) is 1.16. The predicted molar refractivity (Wildman–Crippen MR) is 50.3 cm³/mol. The Balaban J connectivity index is 1.85. The van der Waals surface area contributed by atoms with Crippen LogP contribution in [0.5, 0.6) is 0 Å². The van der Waals surface area contributed by atoms with Crippen LogP contribution in [0.4, 0.5) is 0 Å². The Morgan fingerprint density at radius 3 is 2.62 bits per heavy atom. The highest BCUT2D eigenvalue weighted by Crippen LogP contribution is 2.16. The Labute approximate surface area is 79.3 Å². The van der Waals surface area contributed by atoms with Crippen LogP contribution in [0.15, 0.2) is 12.0 Å². The van der Waals surface area contributed by atoms with E-state index < -0.39 is 0 Å². The van der Waals surface area contributed by atoms with Crippen molar-refractivity contribution in [3.63, 3.8) is 0 Å². The van der Waals surface area contributed by atoms with E-state index in [4.69, 9.17) is 9.47 Å². The molecular weight excluding hydrogens is 166 g/mol. The molecule has 0 amide bonds. The fourth-order valence-corrected chi connectivity index (χ4v) is 1.69. The second-order valence-corrected chi connectivity index (χ2v) is 3.55. The van der Waals surface area contributed by atoms with Crippen molar-refractivity contribution in [2.24, 2.45) is 0 Å². The molecule has 0 unspecified atom stereocenters. The third-order valence-corrected chi connectivity index (χ3v) is 2.48. The van der Waals surface area contributed by atoms with Gasteiger partial charge in [0.1, 0.15) is 5.76 Å². The minimum Gasteiger partial charge on any atom is -0.496 e. The molecule has 2 heterocycles. The second-order valence-electron chi connectivity index (χ2n) is 3.55. The van der Waals surface area contributed by atoms with E-state index >= 15 is 0 Å². The van der Waals surface area contributed by atoms with Crippen LogP contribution in [-0.2, 0) is 9.47 Å². The summed E-state index contributed by atoms with van der Waals surface area (Å²) in [5.41, 5.74) is 0. The largest absolute Gasteiger partial charge is 0.496 e. The smallest absolute Gasteiger partial charge is 0.112 e. The summed E-state index contributed by atoms with van der Waals surface area (Å²) < 4.78 is 10.8. The van der Waals surface area contributed by atoms with Crippen LogP contribution in [0.25, 0.3) is 0 Å². The lowest BCUT2D eigenvalue weighted by atomic mass is 10.2. The molecule has 0 radical (unpaired) electrons. The summed E-state index contributed by atoms with van der Waals surface area (Å²) in [4.78, 5) is 2.30. The van der Waals surface area contributed by atoms with Crippen LogP contribution in [-0.4, -0.2) is 37.8 Å². The fourth-order valence-electron chi connectivity index (χ4n) is 1.69. The monoisotopic (exact) mass is 183 g/mol. The molecular formula is C10H17NO2. The molecule has 2 rings (SSSR count). The first-order valence-corrected chi connectivity index (χ1v) is 5.10. The molecule has 0 saturated carbocycles. The minimum absolute atomic E-state index is 0.851.